The Morgan fingerprint density at radius 1 is 1.12 bits per heavy atom. The van der Waals surface area contributed by atoms with Crippen LogP contribution in [0.5, 0.6) is 6.01 Å². The van der Waals surface area contributed by atoms with Gasteiger partial charge in [-0.1, -0.05) is 12.0 Å². The van der Waals surface area contributed by atoms with Crippen molar-refractivity contribution in [2.45, 2.75) is 56.0 Å². The van der Waals surface area contributed by atoms with Crippen LogP contribution in [0.3, 0.4) is 0 Å². The number of ether oxygens (including phenoxy) is 2. The average molecular weight is 671 g/mol. The van der Waals surface area contributed by atoms with E-state index in [1.54, 1.807) is 6.07 Å². The van der Waals surface area contributed by atoms with Crippen molar-refractivity contribution in [3.8, 4) is 29.6 Å². The largest absolute Gasteiger partial charge is 0.461 e. The molecule has 2 N–H and O–H groups in total. The van der Waals surface area contributed by atoms with Gasteiger partial charge in [0.05, 0.1) is 35.7 Å². The van der Waals surface area contributed by atoms with Crippen molar-refractivity contribution in [2.75, 3.05) is 50.1 Å². The molecule has 2 spiro atoms. The number of nitrogens with zero attached hydrogens (tertiary/aromatic N) is 5. The number of anilines is 2. The zero-order chi connectivity index (χ0) is 33.4. The van der Waals surface area contributed by atoms with E-state index >= 15 is 8.78 Å². The number of alkyl halides is 2. The van der Waals surface area contributed by atoms with Crippen molar-refractivity contribution < 1.29 is 27.0 Å². The molecule has 3 saturated heterocycles. The fourth-order valence-corrected chi connectivity index (χ4v) is 9.64. The molecule has 0 radical (unpaired) electrons. The van der Waals surface area contributed by atoms with Crippen molar-refractivity contribution in [3.05, 3.63) is 47.7 Å². The Balaban J connectivity index is 1.12. The minimum Gasteiger partial charge on any atom is -0.461 e. The van der Waals surface area contributed by atoms with E-state index in [1.165, 1.54) is 24.4 Å². The minimum atomic E-state index is -1.12. The van der Waals surface area contributed by atoms with Crippen LogP contribution in [0, 0.1) is 40.7 Å². The van der Waals surface area contributed by atoms with Crippen molar-refractivity contribution >= 4 is 33.2 Å². The highest BCUT2D eigenvalue weighted by atomic mass is 19.1. The lowest BCUT2D eigenvalue weighted by Gasteiger charge is -2.37. The highest BCUT2D eigenvalue weighted by molar-refractivity contribution is 6.03. The van der Waals surface area contributed by atoms with Gasteiger partial charge in [0.1, 0.15) is 41.8 Å². The predicted octanol–water partition coefficient (Wildman–Crippen LogP) is 5.60. The SMILES string of the molecule is C#Cc1c(F)ccc2cc(N)cc(-c3ncc4c(N5CCOC[C@H]6[C@H](F)[C@H]65)nc(OC[C@]56C[C@]7(C[C@@H]7F)CN5CCC65CC5)nc4c3F)c12. The van der Waals surface area contributed by atoms with Crippen LogP contribution in [-0.4, -0.2) is 83.2 Å². The standard InChI is InChI=1S/C37H34F4N6O2/c1-2-21-25(38)4-3-19-11-20(42)12-22(27(19)21)30-29(41)31-23(14-43-30)33(47-9-10-48-15-24-28(40)32(24)47)45-34(44-31)49-18-37-16-35(13-26(35)39)17-46(37)8-7-36(37)5-6-36/h1,3-4,11-12,14,24,26,28,32H,5-10,13,15-18,42H2/t24-,26-,28-,32-,35+,37-/m0/s1. The van der Waals surface area contributed by atoms with Crippen molar-refractivity contribution in [1.82, 2.24) is 19.9 Å². The molecule has 4 aromatic rings. The summed E-state index contributed by atoms with van der Waals surface area (Å²) in [4.78, 5) is 18.2. The van der Waals surface area contributed by atoms with Gasteiger partial charge in [0, 0.05) is 47.3 Å². The van der Waals surface area contributed by atoms with Crippen molar-refractivity contribution in [2.24, 2.45) is 16.7 Å². The second-order valence-corrected chi connectivity index (χ2v) is 15.1. The Hall–Kier alpha value is -4.21. The van der Waals surface area contributed by atoms with Crippen LogP contribution in [0.2, 0.25) is 0 Å². The average Bonchev–Trinajstić information content (AvgIpc) is 4.03. The van der Waals surface area contributed by atoms with Crippen LogP contribution in [0.1, 0.15) is 37.7 Å². The number of hydrogen-bond acceptors (Lipinski definition) is 8. The number of hydrogen-bond donors (Lipinski definition) is 1. The maximum atomic E-state index is 17.0. The summed E-state index contributed by atoms with van der Waals surface area (Å²) in [7, 11) is 0. The Bertz CT molecular complexity index is 2140. The monoisotopic (exact) mass is 670 g/mol. The third-order valence-corrected chi connectivity index (χ3v) is 12.6. The summed E-state index contributed by atoms with van der Waals surface area (Å²) in [6, 6.07) is 5.42. The normalized spacial score (nSPS) is 32.3. The second-order valence-electron chi connectivity index (χ2n) is 15.1. The van der Waals surface area contributed by atoms with Gasteiger partial charge in [-0.2, -0.15) is 9.97 Å². The highest BCUT2D eigenvalue weighted by Gasteiger charge is 2.75. The van der Waals surface area contributed by atoms with Gasteiger partial charge >= 0.3 is 6.01 Å². The molecular weight excluding hydrogens is 636 g/mol. The third kappa shape index (κ3) is 4.09. The summed E-state index contributed by atoms with van der Waals surface area (Å²) in [6.07, 6.45) is 9.73. The number of benzene rings is 2. The zero-order valence-electron chi connectivity index (χ0n) is 26.7. The number of halogens is 4. The molecule has 2 aromatic heterocycles. The molecular formula is C37H34F4N6O2. The summed E-state index contributed by atoms with van der Waals surface area (Å²) >= 11 is 0. The van der Waals surface area contributed by atoms with Crippen molar-refractivity contribution in [3.63, 3.8) is 0 Å². The molecule has 0 bridgehead atoms. The van der Waals surface area contributed by atoms with E-state index in [0.717, 1.165) is 38.8 Å². The first-order valence-corrected chi connectivity index (χ1v) is 17.0. The maximum Gasteiger partial charge on any atom is 0.319 e. The molecule has 0 amide bonds. The van der Waals surface area contributed by atoms with Crippen LogP contribution in [0.25, 0.3) is 32.9 Å². The van der Waals surface area contributed by atoms with Crippen LogP contribution >= 0.6 is 0 Å². The van der Waals surface area contributed by atoms with E-state index in [1.807, 2.05) is 4.90 Å². The number of terminal acetylenes is 1. The van der Waals surface area contributed by atoms with Crippen LogP contribution < -0.4 is 15.4 Å². The summed E-state index contributed by atoms with van der Waals surface area (Å²) in [5.41, 5.74) is 5.95. The Morgan fingerprint density at radius 2 is 1.96 bits per heavy atom. The molecule has 3 aliphatic carbocycles. The Labute approximate surface area is 280 Å². The molecule has 3 aliphatic heterocycles. The number of rotatable bonds is 5. The molecule has 2 aromatic carbocycles. The summed E-state index contributed by atoms with van der Waals surface area (Å²) in [5.74, 6) is 0.959. The first-order chi connectivity index (χ1) is 23.7. The molecule has 252 valence electrons. The lowest BCUT2D eigenvalue weighted by Crippen LogP contribution is -2.49. The second kappa shape index (κ2) is 9.94. The Morgan fingerprint density at radius 3 is 2.73 bits per heavy atom. The quantitative estimate of drug-likeness (QED) is 0.167. The molecule has 3 saturated carbocycles. The van der Waals surface area contributed by atoms with Gasteiger partial charge in [0.15, 0.2) is 5.82 Å². The molecule has 6 aliphatic rings. The Kier molecular flexibility index (Phi) is 6.02. The molecule has 5 heterocycles. The van der Waals surface area contributed by atoms with Crippen LogP contribution in [-0.2, 0) is 4.74 Å². The van der Waals surface area contributed by atoms with Gasteiger partial charge < -0.3 is 20.1 Å². The first-order valence-electron chi connectivity index (χ1n) is 17.0. The van der Waals surface area contributed by atoms with Gasteiger partial charge in [-0.3, -0.25) is 9.88 Å². The number of nitrogens with two attached hydrogens (primary N) is 1. The van der Waals surface area contributed by atoms with E-state index in [0.29, 0.717) is 48.5 Å². The van der Waals surface area contributed by atoms with Crippen LogP contribution in [0.15, 0.2) is 30.5 Å². The summed E-state index contributed by atoms with van der Waals surface area (Å²) < 4.78 is 73.9. The topological polar surface area (TPSA) is 89.6 Å². The van der Waals surface area contributed by atoms with Gasteiger partial charge in [-0.25, -0.2) is 17.6 Å². The van der Waals surface area contributed by atoms with E-state index in [4.69, 9.17) is 26.6 Å². The smallest absolute Gasteiger partial charge is 0.319 e. The highest BCUT2D eigenvalue weighted by Crippen LogP contribution is 2.72. The van der Waals surface area contributed by atoms with Gasteiger partial charge in [0.25, 0.3) is 0 Å². The minimum absolute atomic E-state index is 0.0329. The number of pyridine rings is 1. The number of aromatic nitrogens is 3. The van der Waals surface area contributed by atoms with Gasteiger partial charge in [0.2, 0.25) is 0 Å². The van der Waals surface area contributed by atoms with Crippen LogP contribution in [0.4, 0.5) is 29.1 Å². The lowest BCUT2D eigenvalue weighted by molar-refractivity contribution is 0.0638. The summed E-state index contributed by atoms with van der Waals surface area (Å²) in [5, 5.41) is 1.11. The van der Waals surface area contributed by atoms with E-state index in [2.05, 4.69) is 20.8 Å². The first kappa shape index (κ1) is 29.7. The molecule has 6 fully saturated rings. The van der Waals surface area contributed by atoms with Gasteiger partial charge in [-0.15, -0.1) is 6.42 Å². The van der Waals surface area contributed by atoms with Crippen molar-refractivity contribution in [1.29, 1.82) is 0 Å². The fraction of sp³-hybridized carbons (Fsp3) is 0.486. The number of fused-ring (bicyclic) bond motifs is 5. The zero-order valence-corrected chi connectivity index (χ0v) is 26.7. The summed E-state index contributed by atoms with van der Waals surface area (Å²) in [6.45, 7) is 2.84. The molecule has 0 unspecified atom stereocenters. The molecule has 12 heteroatoms. The van der Waals surface area contributed by atoms with E-state index in [9.17, 15) is 8.78 Å². The molecule has 8 nitrogen and oxygen atoms in total. The molecule has 10 rings (SSSR count). The molecule has 49 heavy (non-hydrogen) atoms. The number of nitrogen functional groups attached to an aromatic ring is 1. The van der Waals surface area contributed by atoms with Gasteiger partial charge in [-0.05, 0) is 67.6 Å². The molecule has 6 atom stereocenters. The fourth-order valence-electron chi connectivity index (χ4n) is 9.64. The lowest BCUT2D eigenvalue weighted by atomic mass is 9.78. The predicted molar refractivity (Wildman–Crippen MR) is 176 cm³/mol. The van der Waals surface area contributed by atoms with E-state index in [-0.39, 0.29) is 62.6 Å². The third-order valence-electron chi connectivity index (χ3n) is 12.6. The van der Waals surface area contributed by atoms with E-state index < -0.39 is 30.0 Å². The maximum absolute atomic E-state index is 17.0.